The van der Waals surface area contributed by atoms with Crippen molar-refractivity contribution in [2.45, 2.75) is 13.3 Å². The zero-order valence-corrected chi connectivity index (χ0v) is 16.4. The average molecular weight is 436 g/mol. The van der Waals surface area contributed by atoms with Crippen LogP contribution in [0.3, 0.4) is 0 Å². The monoisotopic (exact) mass is 435 g/mol. The topological polar surface area (TPSA) is 103 Å². The molecule has 0 spiro atoms. The molecule has 0 saturated heterocycles. The van der Waals surface area contributed by atoms with Crippen molar-refractivity contribution in [3.05, 3.63) is 62.1 Å². The van der Waals surface area contributed by atoms with E-state index in [1.165, 1.54) is 25.5 Å². The molecule has 1 N–H and O–H groups in total. The van der Waals surface area contributed by atoms with Crippen LogP contribution in [0, 0.1) is 10.1 Å². The second kappa shape index (κ2) is 9.67. The first-order chi connectivity index (χ1) is 13.0. The molecule has 27 heavy (non-hydrogen) atoms. The van der Waals surface area contributed by atoms with Gasteiger partial charge in [-0.15, -0.1) is 0 Å². The molecule has 0 radical (unpaired) electrons. The fraction of sp³-hybridized carbons (Fsp3) is 0.222. The molecule has 0 fully saturated rings. The standard InChI is InChI=1S/C18H18BrN3O5/c1-3-27-18-14(19)8-12(9-16(18)26-2)11-20-21-17(23)10-13-6-4-5-7-15(13)22(24)25/h4-9,11H,3,10H2,1-2H3,(H,21,23)/b20-11+. The molecular weight excluding hydrogens is 418 g/mol. The summed E-state index contributed by atoms with van der Waals surface area (Å²) in [5, 5.41) is 14.9. The normalized spacial score (nSPS) is 10.6. The largest absolute Gasteiger partial charge is 0.493 e. The molecule has 0 bridgehead atoms. The maximum absolute atomic E-state index is 12.0. The highest BCUT2D eigenvalue weighted by molar-refractivity contribution is 9.10. The van der Waals surface area contributed by atoms with Gasteiger partial charge in [0.2, 0.25) is 5.91 Å². The van der Waals surface area contributed by atoms with Crippen LogP contribution >= 0.6 is 15.9 Å². The molecule has 0 saturated carbocycles. The zero-order valence-electron chi connectivity index (χ0n) is 14.8. The second-order valence-electron chi connectivity index (χ2n) is 5.32. The van der Waals surface area contributed by atoms with Crippen molar-refractivity contribution in [3.63, 3.8) is 0 Å². The van der Waals surface area contributed by atoms with Crippen LogP contribution in [0.1, 0.15) is 18.1 Å². The molecule has 8 nitrogen and oxygen atoms in total. The number of halogens is 1. The van der Waals surface area contributed by atoms with Gasteiger partial charge >= 0.3 is 0 Å². The summed E-state index contributed by atoms with van der Waals surface area (Å²) in [4.78, 5) is 22.5. The Labute approximate surface area is 164 Å². The van der Waals surface area contributed by atoms with E-state index in [1.54, 1.807) is 24.3 Å². The minimum atomic E-state index is -0.518. The summed E-state index contributed by atoms with van der Waals surface area (Å²) in [5.74, 6) is 0.647. The van der Waals surface area contributed by atoms with E-state index < -0.39 is 10.8 Å². The third kappa shape index (κ3) is 5.52. The van der Waals surface area contributed by atoms with Crippen LogP contribution in [-0.4, -0.2) is 30.8 Å². The highest BCUT2D eigenvalue weighted by Crippen LogP contribution is 2.36. The quantitative estimate of drug-likeness (QED) is 0.388. The summed E-state index contributed by atoms with van der Waals surface area (Å²) in [6, 6.07) is 9.57. The average Bonchev–Trinajstić information content (AvgIpc) is 2.64. The van der Waals surface area contributed by atoms with Crippen molar-refractivity contribution < 1.29 is 19.2 Å². The Morgan fingerprint density at radius 1 is 1.37 bits per heavy atom. The van der Waals surface area contributed by atoms with Gasteiger partial charge in [-0.3, -0.25) is 14.9 Å². The third-order valence-electron chi connectivity index (χ3n) is 3.48. The smallest absolute Gasteiger partial charge is 0.273 e. The fourth-order valence-corrected chi connectivity index (χ4v) is 2.90. The van der Waals surface area contributed by atoms with Crippen LogP contribution < -0.4 is 14.9 Å². The lowest BCUT2D eigenvalue weighted by Gasteiger charge is -2.11. The van der Waals surface area contributed by atoms with Gasteiger partial charge in [-0.1, -0.05) is 18.2 Å². The molecule has 9 heteroatoms. The summed E-state index contributed by atoms with van der Waals surface area (Å²) in [5.41, 5.74) is 3.26. The van der Waals surface area contributed by atoms with Gasteiger partial charge in [0.25, 0.3) is 5.69 Å². The molecular formula is C18H18BrN3O5. The first-order valence-corrected chi connectivity index (χ1v) is 8.80. The molecule has 2 rings (SSSR count). The number of ether oxygens (including phenoxy) is 2. The maximum atomic E-state index is 12.0. The van der Waals surface area contributed by atoms with E-state index in [2.05, 4.69) is 26.5 Å². The Morgan fingerprint density at radius 3 is 2.78 bits per heavy atom. The van der Waals surface area contributed by atoms with Crippen LogP contribution in [0.2, 0.25) is 0 Å². The van der Waals surface area contributed by atoms with E-state index in [1.807, 2.05) is 6.92 Å². The number of nitro benzene ring substituents is 1. The van der Waals surface area contributed by atoms with Gasteiger partial charge < -0.3 is 9.47 Å². The summed E-state index contributed by atoms with van der Waals surface area (Å²) in [6.45, 7) is 2.36. The number of para-hydroxylation sites is 1. The Hall–Kier alpha value is -2.94. The van der Waals surface area contributed by atoms with Gasteiger partial charge in [0.05, 0.1) is 35.7 Å². The minimum Gasteiger partial charge on any atom is -0.493 e. The maximum Gasteiger partial charge on any atom is 0.273 e. The number of methoxy groups -OCH3 is 1. The zero-order chi connectivity index (χ0) is 19.8. The number of nitrogens with one attached hydrogen (secondary N) is 1. The highest BCUT2D eigenvalue weighted by Gasteiger charge is 2.15. The highest BCUT2D eigenvalue weighted by atomic mass is 79.9. The van der Waals surface area contributed by atoms with E-state index in [0.717, 1.165) is 0 Å². The summed E-state index contributed by atoms with van der Waals surface area (Å²) >= 11 is 3.41. The molecule has 0 unspecified atom stereocenters. The van der Waals surface area contributed by atoms with Crippen molar-refractivity contribution in [1.82, 2.24) is 5.43 Å². The summed E-state index contributed by atoms with van der Waals surface area (Å²) in [7, 11) is 1.53. The number of hydrogen-bond donors (Lipinski definition) is 1. The van der Waals surface area contributed by atoms with Gasteiger partial charge in [0.1, 0.15) is 0 Å². The first-order valence-electron chi connectivity index (χ1n) is 8.00. The molecule has 0 aliphatic carbocycles. The molecule has 0 heterocycles. The lowest BCUT2D eigenvalue weighted by Crippen LogP contribution is -2.20. The molecule has 2 aromatic rings. The SMILES string of the molecule is CCOc1c(Br)cc(/C=N/NC(=O)Cc2ccccc2[N+](=O)[O-])cc1OC. The number of carbonyl (C=O) groups excluding carboxylic acids is 1. The van der Waals surface area contributed by atoms with E-state index in [0.29, 0.717) is 33.7 Å². The lowest BCUT2D eigenvalue weighted by molar-refractivity contribution is -0.385. The number of amides is 1. The third-order valence-corrected chi connectivity index (χ3v) is 4.07. The molecule has 0 aliphatic heterocycles. The van der Waals surface area contributed by atoms with E-state index in [4.69, 9.17) is 9.47 Å². The van der Waals surface area contributed by atoms with Crippen LogP contribution in [0.25, 0.3) is 0 Å². The number of nitro groups is 1. The van der Waals surface area contributed by atoms with Crippen LogP contribution in [0.4, 0.5) is 5.69 Å². The lowest BCUT2D eigenvalue weighted by atomic mass is 10.1. The summed E-state index contributed by atoms with van der Waals surface area (Å²) in [6.07, 6.45) is 1.30. The van der Waals surface area contributed by atoms with E-state index in [-0.39, 0.29) is 12.1 Å². The van der Waals surface area contributed by atoms with Crippen LogP contribution in [0.15, 0.2) is 46.0 Å². The van der Waals surface area contributed by atoms with Crippen LogP contribution in [-0.2, 0) is 11.2 Å². The number of hydrogen-bond acceptors (Lipinski definition) is 6. The van der Waals surface area contributed by atoms with E-state index in [9.17, 15) is 14.9 Å². The predicted octanol–water partition coefficient (Wildman–Crippen LogP) is 3.46. The van der Waals surface area contributed by atoms with Crippen molar-refractivity contribution in [2.75, 3.05) is 13.7 Å². The Balaban J connectivity index is 2.06. The van der Waals surface area contributed by atoms with E-state index >= 15 is 0 Å². The molecule has 2 aromatic carbocycles. The number of nitrogens with zero attached hydrogens (tertiary/aromatic N) is 2. The van der Waals surface area contributed by atoms with Gasteiger partial charge in [-0.05, 0) is 40.5 Å². The van der Waals surface area contributed by atoms with Gasteiger partial charge in [-0.2, -0.15) is 5.10 Å². The summed E-state index contributed by atoms with van der Waals surface area (Å²) < 4.78 is 11.5. The van der Waals surface area contributed by atoms with Crippen LogP contribution in [0.5, 0.6) is 11.5 Å². The number of benzene rings is 2. The Kier molecular flexibility index (Phi) is 7.30. The Bertz CT molecular complexity index is 870. The number of rotatable bonds is 8. The number of carbonyl (C=O) groups is 1. The predicted molar refractivity (Wildman–Crippen MR) is 104 cm³/mol. The van der Waals surface area contributed by atoms with Crippen molar-refractivity contribution in [3.8, 4) is 11.5 Å². The van der Waals surface area contributed by atoms with Crippen molar-refractivity contribution in [2.24, 2.45) is 5.10 Å². The molecule has 0 atom stereocenters. The Morgan fingerprint density at radius 2 is 2.11 bits per heavy atom. The molecule has 0 aliphatic rings. The molecule has 142 valence electrons. The molecule has 1 amide bonds. The molecule has 0 aromatic heterocycles. The second-order valence-corrected chi connectivity index (χ2v) is 6.18. The van der Waals surface area contributed by atoms with Gasteiger partial charge in [-0.25, -0.2) is 5.43 Å². The minimum absolute atomic E-state index is 0.100. The van der Waals surface area contributed by atoms with Gasteiger partial charge in [0.15, 0.2) is 11.5 Å². The fourth-order valence-electron chi connectivity index (χ4n) is 2.33. The van der Waals surface area contributed by atoms with Crippen molar-refractivity contribution >= 4 is 33.7 Å². The van der Waals surface area contributed by atoms with Crippen molar-refractivity contribution in [1.29, 1.82) is 0 Å². The van der Waals surface area contributed by atoms with Gasteiger partial charge in [0, 0.05) is 11.6 Å². The first kappa shape index (κ1) is 20.4. The number of hydrazone groups is 1.